The molecule has 2 heterocycles. The summed E-state index contributed by atoms with van der Waals surface area (Å²) in [6.07, 6.45) is 10.3. The summed E-state index contributed by atoms with van der Waals surface area (Å²) in [7, 11) is 0. The molecule has 2 aliphatic heterocycles. The predicted octanol–water partition coefficient (Wildman–Crippen LogP) is 4.65. The second-order valence-corrected chi connectivity index (χ2v) is 6.64. The average molecular weight is 363 g/mol. The lowest BCUT2D eigenvalue weighted by Crippen LogP contribution is -2.04. The maximum atomic E-state index is 6.20. The highest BCUT2D eigenvalue weighted by Crippen LogP contribution is 2.35. The number of nitrogens with zero attached hydrogens (tertiary/aromatic N) is 4. The van der Waals surface area contributed by atoms with E-state index in [9.17, 15) is 0 Å². The van der Waals surface area contributed by atoms with Gasteiger partial charge in [-0.05, 0) is 36.4 Å². The fourth-order valence-electron chi connectivity index (χ4n) is 2.08. The van der Waals surface area contributed by atoms with E-state index >= 15 is 0 Å². The van der Waals surface area contributed by atoms with Crippen LogP contribution in [0.3, 0.4) is 0 Å². The molecule has 0 aromatic heterocycles. The minimum absolute atomic E-state index is 0.580. The number of aryl methyl sites for hydroxylation is 1. The molecule has 0 atom stereocenters. The minimum atomic E-state index is 0.580. The maximum absolute atomic E-state index is 6.20. The molecule has 0 amide bonds. The number of terminal acetylenes is 1. The van der Waals surface area contributed by atoms with Crippen LogP contribution in [0.4, 0.5) is 0 Å². The third kappa shape index (κ3) is 3.78. The molecule has 116 valence electrons. The first-order valence-electron chi connectivity index (χ1n) is 6.91. The second-order valence-electron chi connectivity index (χ2n) is 4.79. The van der Waals surface area contributed by atoms with Crippen molar-refractivity contribution in [1.82, 2.24) is 19.5 Å². The van der Waals surface area contributed by atoms with Crippen LogP contribution in [0.2, 0.25) is 10.0 Å². The number of fused-ring (bicyclic) bond motifs is 1. The van der Waals surface area contributed by atoms with Crippen LogP contribution in [0, 0.1) is 12.3 Å². The zero-order valence-corrected chi connectivity index (χ0v) is 14.4. The largest absolute Gasteiger partial charge is 0.315 e. The molecule has 1 aromatic carbocycles. The van der Waals surface area contributed by atoms with Gasteiger partial charge in [-0.2, -0.15) is 0 Å². The van der Waals surface area contributed by atoms with Crippen LogP contribution in [0.15, 0.2) is 40.8 Å². The van der Waals surface area contributed by atoms with E-state index in [1.165, 1.54) is 11.8 Å². The highest BCUT2D eigenvalue weighted by molar-refractivity contribution is 7.99. The Bertz CT molecular complexity index is 841. The van der Waals surface area contributed by atoms with Crippen molar-refractivity contribution in [2.45, 2.75) is 29.4 Å². The number of hydrogen-bond acceptors (Lipinski definition) is 4. The van der Waals surface area contributed by atoms with Crippen molar-refractivity contribution >= 4 is 35.0 Å². The number of imidazole rings is 1. The Morgan fingerprint density at radius 2 is 2.13 bits per heavy atom. The van der Waals surface area contributed by atoms with Gasteiger partial charge in [-0.1, -0.05) is 23.2 Å². The van der Waals surface area contributed by atoms with Gasteiger partial charge in [0.25, 0.3) is 0 Å². The highest BCUT2D eigenvalue weighted by atomic mass is 35.5. The summed E-state index contributed by atoms with van der Waals surface area (Å²) >= 11 is 13.5. The molecule has 0 unspecified atom stereocenters. The van der Waals surface area contributed by atoms with Gasteiger partial charge in [0, 0.05) is 22.9 Å². The van der Waals surface area contributed by atoms with Crippen molar-refractivity contribution in [3.8, 4) is 23.9 Å². The summed E-state index contributed by atoms with van der Waals surface area (Å²) < 4.78 is 1.97. The van der Waals surface area contributed by atoms with E-state index in [1.807, 2.05) is 10.6 Å². The number of halogens is 2. The Labute approximate surface area is 148 Å². The molecule has 0 saturated carbocycles. The predicted molar refractivity (Wildman–Crippen MR) is 93.1 cm³/mol. The fraction of sp³-hybridized carbons (Fsp3) is 0.188. The third-order valence-electron chi connectivity index (χ3n) is 3.14. The minimum Gasteiger partial charge on any atom is -0.315 e. The normalized spacial score (nSPS) is 10.8. The summed E-state index contributed by atoms with van der Waals surface area (Å²) in [4.78, 5) is 14.1. The number of rotatable bonds is 5. The molecule has 0 radical (unpaired) electrons. The molecule has 2 aliphatic rings. The zero-order chi connectivity index (χ0) is 16.2. The molecule has 0 N–H and O–H groups in total. The van der Waals surface area contributed by atoms with Crippen LogP contribution in [0.25, 0.3) is 11.5 Å². The van der Waals surface area contributed by atoms with Crippen molar-refractivity contribution in [3.63, 3.8) is 0 Å². The van der Waals surface area contributed by atoms with Gasteiger partial charge in [0.05, 0.1) is 17.5 Å². The monoisotopic (exact) mass is 362 g/mol. The second kappa shape index (κ2) is 7.22. The third-order valence-corrected chi connectivity index (χ3v) is 4.74. The van der Waals surface area contributed by atoms with Gasteiger partial charge in [0.1, 0.15) is 5.69 Å². The van der Waals surface area contributed by atoms with E-state index in [0.29, 0.717) is 15.2 Å². The Morgan fingerprint density at radius 1 is 1.26 bits per heavy atom. The molecule has 4 nitrogen and oxygen atoms in total. The maximum Gasteiger partial charge on any atom is 0.195 e. The lowest BCUT2D eigenvalue weighted by Gasteiger charge is -2.07. The van der Waals surface area contributed by atoms with Gasteiger partial charge in [-0.15, -0.1) is 12.3 Å². The van der Waals surface area contributed by atoms with Crippen molar-refractivity contribution in [1.29, 1.82) is 0 Å². The smallest absolute Gasteiger partial charge is 0.195 e. The van der Waals surface area contributed by atoms with Gasteiger partial charge in [0.2, 0.25) is 0 Å². The summed E-state index contributed by atoms with van der Waals surface area (Å²) in [5.74, 6) is 3.43. The summed E-state index contributed by atoms with van der Waals surface area (Å²) in [5.41, 5.74) is 0.751. The van der Waals surface area contributed by atoms with Crippen LogP contribution in [0.5, 0.6) is 0 Å². The molecule has 23 heavy (non-hydrogen) atoms. The summed E-state index contributed by atoms with van der Waals surface area (Å²) in [6, 6.07) is 5.35. The first-order valence-corrected chi connectivity index (χ1v) is 8.49. The zero-order valence-electron chi connectivity index (χ0n) is 12.0. The van der Waals surface area contributed by atoms with E-state index in [1.54, 1.807) is 24.7 Å². The first kappa shape index (κ1) is 16.1. The van der Waals surface area contributed by atoms with Gasteiger partial charge < -0.3 is 4.57 Å². The molecule has 0 fully saturated rings. The fourth-order valence-corrected chi connectivity index (χ4v) is 3.37. The number of unbranched alkanes of at least 4 members (excludes halogenated alkanes) is 1. The first-order chi connectivity index (χ1) is 11.2. The van der Waals surface area contributed by atoms with E-state index in [2.05, 4.69) is 20.9 Å². The van der Waals surface area contributed by atoms with Crippen molar-refractivity contribution in [3.05, 3.63) is 40.8 Å². The van der Waals surface area contributed by atoms with Crippen molar-refractivity contribution < 1.29 is 0 Å². The standard InChI is InChI=1S/C16H12Cl2N4S/c1-2-3-4-7-22-10-19-9-13-15(22)21-16(20-13)23-14-6-5-11(17)8-12(14)18/h1,5-6,8-10H,3-4,7H2. The lowest BCUT2D eigenvalue weighted by molar-refractivity contribution is 0.637. The van der Waals surface area contributed by atoms with Crippen LogP contribution in [-0.4, -0.2) is 19.5 Å². The average Bonchev–Trinajstić information content (AvgIpc) is 2.94. The van der Waals surface area contributed by atoms with Crippen LogP contribution >= 0.6 is 35.0 Å². The number of aromatic nitrogens is 4. The lowest BCUT2D eigenvalue weighted by atomic mass is 10.3. The quantitative estimate of drug-likeness (QED) is 0.489. The van der Waals surface area contributed by atoms with Crippen LogP contribution in [0.1, 0.15) is 12.8 Å². The van der Waals surface area contributed by atoms with Crippen molar-refractivity contribution in [2.24, 2.45) is 0 Å². The van der Waals surface area contributed by atoms with Crippen LogP contribution < -0.4 is 0 Å². The van der Waals surface area contributed by atoms with Gasteiger partial charge in [-0.25, -0.2) is 15.0 Å². The molecule has 3 rings (SSSR count). The van der Waals surface area contributed by atoms with E-state index in [-0.39, 0.29) is 0 Å². The van der Waals surface area contributed by atoms with E-state index < -0.39 is 0 Å². The Hall–Kier alpha value is -1.74. The van der Waals surface area contributed by atoms with Crippen molar-refractivity contribution in [2.75, 3.05) is 0 Å². The number of hydrogen-bond donors (Lipinski definition) is 0. The van der Waals surface area contributed by atoms with E-state index in [4.69, 9.17) is 29.6 Å². The Morgan fingerprint density at radius 3 is 2.91 bits per heavy atom. The number of benzene rings is 1. The molecule has 1 aromatic rings. The molecule has 0 bridgehead atoms. The highest BCUT2D eigenvalue weighted by Gasteiger charge is 2.16. The Balaban J connectivity index is 1.86. The molecular formula is C16H12Cl2N4S. The summed E-state index contributed by atoms with van der Waals surface area (Å²) in [5, 5.41) is 1.81. The SMILES string of the molecule is C#CCCCn1cncc2nc(Sc3ccc(Cl)cc3Cl)nc1-2. The summed E-state index contributed by atoms with van der Waals surface area (Å²) in [6.45, 7) is 0.763. The van der Waals surface area contributed by atoms with Crippen LogP contribution in [-0.2, 0) is 6.54 Å². The van der Waals surface area contributed by atoms with Gasteiger partial charge >= 0.3 is 0 Å². The van der Waals surface area contributed by atoms with E-state index in [0.717, 1.165) is 35.8 Å². The molecule has 0 aliphatic carbocycles. The Kier molecular flexibility index (Phi) is 5.06. The molecule has 0 spiro atoms. The molecular weight excluding hydrogens is 351 g/mol. The molecule has 7 heteroatoms. The van der Waals surface area contributed by atoms with Gasteiger partial charge in [-0.3, -0.25) is 0 Å². The van der Waals surface area contributed by atoms with Gasteiger partial charge in [0.15, 0.2) is 11.0 Å². The topological polar surface area (TPSA) is 43.6 Å². The molecule has 0 saturated heterocycles.